The van der Waals surface area contributed by atoms with E-state index in [0.29, 0.717) is 13.3 Å². The van der Waals surface area contributed by atoms with Crippen molar-refractivity contribution in [1.29, 1.82) is 0 Å². The molecule has 135 heavy (non-hydrogen) atoms. The van der Waals surface area contributed by atoms with Gasteiger partial charge in [0.25, 0.3) is 0 Å². The minimum atomic E-state index is -0.685. The first-order valence-corrected chi connectivity index (χ1v) is 861. The van der Waals surface area contributed by atoms with Crippen LogP contribution in [0.25, 0.3) is 0 Å². The second-order valence-corrected chi connectivity index (χ2v) is 3240. The van der Waals surface area contributed by atoms with E-state index in [0.717, 1.165) is 0 Å². The molecule has 946 valence electrons. The molecular weight excluding hydrogens is 17100 g/mol. The molecule has 0 fully saturated rings. The Balaban J connectivity index is 5.99. The molecule has 0 aliphatic rings. The second kappa shape index (κ2) is 141. The van der Waals surface area contributed by atoms with E-state index in [1.165, 1.54) is 0 Å². The molecule has 135 heteroatoms. The van der Waals surface area contributed by atoms with Crippen LogP contribution in [0, 0.1) is 0 Å². The van der Waals surface area contributed by atoms with Crippen LogP contribution in [0.4, 0.5) is 0 Å². The monoisotopic (exact) mass is 17100 g/mol. The van der Waals surface area contributed by atoms with E-state index in [1.54, 1.807) is 0 Å². The van der Waals surface area contributed by atoms with Crippen molar-refractivity contribution in [3.8, 4) is 0 Å². The molecule has 0 bridgehead atoms. The van der Waals surface area contributed by atoms with Crippen LogP contribution in [0.1, 0.15) is 0 Å². The van der Waals surface area contributed by atoms with Gasteiger partial charge in [0.2, 0.25) is 0 Å². The van der Waals surface area contributed by atoms with Crippen LogP contribution < -0.4 is 13.3 Å². The Bertz CT molecular complexity index is 2800. The zero-order valence-electron chi connectivity index (χ0n) is 51.0. The van der Waals surface area contributed by atoms with Gasteiger partial charge >= 0.3 is 1800 Å². The zero-order valence-corrected chi connectivity index (χ0v) is 342. The molecule has 0 aromatic rings. The molecule has 0 aliphatic carbocycles. The van der Waals surface area contributed by atoms with Gasteiger partial charge in [-0.05, 0) is 0 Å². The third-order valence-electron chi connectivity index (χ3n) is 5.35. The summed E-state index contributed by atoms with van der Waals surface area (Å²) in [6.45, 7) is 0. The summed E-state index contributed by atoms with van der Waals surface area (Å²) >= 11 is 234. The Kier molecular flexibility index (Phi) is 244. The molecule has 0 aromatic heterocycles. The quantitative estimate of drug-likeness (QED) is 0.0533. The molecule has 0 atom stereocenters. The van der Waals surface area contributed by atoms with Crippen molar-refractivity contribution in [2.75, 3.05) is 0 Å². The first-order chi connectivity index (χ1) is 61.5. The molecule has 0 radical (unpaired) electrons. The van der Waals surface area contributed by atoms with Crippen molar-refractivity contribution >= 4 is 1790 Å². The molecule has 0 nitrogen and oxygen atoms in total. The third-order valence-corrected chi connectivity index (χ3v) is 10800. The number of hydrogen-bond donors (Lipinski definition) is 0. The standard InChI is InChI=1S/I135/c1-69-71(4)73(6)75(8)77(10)79(12)81(14)83(16)85(18)87(20)89(22)91(24)93(26)95(28)97(30)99(32)101(34)103(36)105(38)107(40)109(42)111(44)113(46)115(48)117(50)119(52)121(54)123(56)125(58)127(60)129(62)131(64)133(66)135(68)134(67)132(65)130(63)128(61)126(59)124(57)122(55)120(53)118(51)116(49)114(47)112(45)110(43)108(41)106(39)104(37)102(35)100(33)98(31)96(29)94(27)92(25)90(23)88(21)86(19)84(17)82(15)80(13)78(11)76(9)74(7)72(5)70(2)3/q-1. The van der Waals surface area contributed by atoms with Gasteiger partial charge in [0.05, 0.1) is 0 Å². The summed E-state index contributed by atoms with van der Waals surface area (Å²) in [4.78, 5) is 0. The number of halogens is 135. The van der Waals surface area contributed by atoms with E-state index in [1.807, 2.05) is 0 Å². The van der Waals surface area contributed by atoms with E-state index in [-0.39, 0.29) is 0 Å². The molecule has 0 rings (SSSR count). The Morgan fingerprint density at radius 2 is 0.111 bits per heavy atom. The van der Waals surface area contributed by atoms with Crippen LogP contribution in [-0.2, 0) is 0 Å². The SMILES string of the molecule is I[I-]I(I)I(I)I(I)I(I)I(I)I(I)I(I)I(I)I(I)I(I)I(I)I(I)I(I)I(I)I(I)I(I)I(I)I(I)I(I)I(I)I(I)I(I)I(I)I(I)I(I)I(I)I(I)I(I)I(I)I(I)I(I)I(I)I(I)I(I)I(I)I(I)I(I)I(I)I(I)I(I)I(I)I(I)I(I)I(I)I(I)I(I)I(I)I(I)I(I)I(I)I(I)I(I)I(I)I(I)I(I)I(I)I(I)I(I)I(I)I(I)I(I)I(I)I(I)I(I)I(I)I(I)I. The van der Waals surface area contributed by atoms with Crippen molar-refractivity contribution in [1.82, 2.24) is 0 Å². The van der Waals surface area contributed by atoms with Gasteiger partial charge in [-0.1, -0.05) is 0 Å². The van der Waals surface area contributed by atoms with Gasteiger partial charge in [0.15, 0.2) is 0 Å². The molecule has 0 heterocycles. The van der Waals surface area contributed by atoms with Gasteiger partial charge in [-0.15, -0.1) is 0 Å². The van der Waals surface area contributed by atoms with Gasteiger partial charge < -0.3 is 0 Å². The summed E-state index contributed by atoms with van der Waals surface area (Å²) < 4.78 is 0. The summed E-state index contributed by atoms with van der Waals surface area (Å²) in [5.74, 6) is 0. The summed E-state index contributed by atoms with van der Waals surface area (Å²) in [5.41, 5.74) is 0. The molecule has 0 aliphatic heterocycles. The molecule has 0 amide bonds. The Labute approximate surface area is 1690 Å². The summed E-state index contributed by atoms with van der Waals surface area (Å²) in [6, 6.07) is 0. The predicted octanol–water partition coefficient (Wildman–Crippen LogP) is 116. The predicted molar refractivity (Wildman–Crippen MR) is 1880 cm³/mol. The molecule has 0 saturated heterocycles. The van der Waals surface area contributed by atoms with Crippen LogP contribution in [0.5, 0.6) is 0 Å². The minimum absolute atomic E-state index is 0.430. The Hall–Kier alpha value is 98.6. The fourth-order valence-electron chi connectivity index (χ4n) is 1.99. The van der Waals surface area contributed by atoms with Gasteiger partial charge in [-0.25, -0.2) is 0 Å². The average Bonchev–Trinajstić information content (AvgIpc) is 0.813. The fraction of sp³-hybridized carbons (Fsp3) is 0. The number of rotatable bonds is 66. The van der Waals surface area contributed by atoms with E-state index in [4.69, 9.17) is 0 Å². The van der Waals surface area contributed by atoms with Crippen molar-refractivity contribution in [2.45, 2.75) is 0 Å². The van der Waals surface area contributed by atoms with Crippen molar-refractivity contribution < 1.29 is 13.3 Å². The van der Waals surface area contributed by atoms with Gasteiger partial charge in [-0.2, -0.15) is 0 Å². The maximum atomic E-state index is 3.51. The van der Waals surface area contributed by atoms with Crippen LogP contribution in [-0.4, -0.2) is 0 Å². The van der Waals surface area contributed by atoms with Gasteiger partial charge in [0.1, 0.15) is 0 Å². The summed E-state index contributed by atoms with van der Waals surface area (Å²) in [6.07, 6.45) is 0. The number of hydrogen-bond acceptors (Lipinski definition) is 0. The topological polar surface area (TPSA) is 0 Å². The molecule has 0 aromatic carbocycles. The summed E-state index contributed by atoms with van der Waals surface area (Å²) in [7, 11) is -42.1. The summed E-state index contributed by atoms with van der Waals surface area (Å²) in [5, 5.41) is 0. The first kappa shape index (κ1) is 234. The van der Waals surface area contributed by atoms with Crippen molar-refractivity contribution in [3.05, 3.63) is 0 Å². The van der Waals surface area contributed by atoms with E-state index in [9.17, 15) is 0 Å². The van der Waals surface area contributed by atoms with Crippen LogP contribution in [0.3, 0.4) is 0 Å². The molecular formula is I135-. The first-order valence-electron chi connectivity index (χ1n) is 19.1. The van der Waals surface area contributed by atoms with E-state index < -0.39 is 521 Å². The molecule has 0 N–H and O–H groups in total. The van der Waals surface area contributed by atoms with Crippen molar-refractivity contribution in [2.24, 2.45) is 0 Å². The van der Waals surface area contributed by atoms with Crippen molar-refractivity contribution in [3.63, 3.8) is 0 Å². The van der Waals surface area contributed by atoms with Crippen LogP contribution >= 0.6 is 1790 Å². The van der Waals surface area contributed by atoms with E-state index in [2.05, 4.69) is 1270 Å². The molecule has 0 unspecified atom stereocenters. The Morgan fingerprint density at radius 3 is 0.156 bits per heavy atom. The molecule has 0 spiro atoms. The van der Waals surface area contributed by atoms with Crippen LogP contribution in [0.2, 0.25) is 0 Å². The Morgan fingerprint density at radius 1 is 0.0667 bits per heavy atom. The maximum absolute atomic E-state index is 3.51. The van der Waals surface area contributed by atoms with Gasteiger partial charge in [0, 0.05) is 0 Å². The average molecular weight is 17100 g/mol. The van der Waals surface area contributed by atoms with Crippen LogP contribution in [0.15, 0.2) is 0 Å². The normalized spacial score (nSPS) is 19.2. The van der Waals surface area contributed by atoms with E-state index >= 15 is 0 Å². The fourth-order valence-corrected chi connectivity index (χ4v) is 27000. The van der Waals surface area contributed by atoms with Gasteiger partial charge in [-0.3, -0.25) is 0 Å². The second-order valence-electron chi connectivity index (χ2n) is 10.7. The third kappa shape index (κ3) is 95.1. The zero-order chi connectivity index (χ0) is 107. The molecule has 0 saturated carbocycles.